The van der Waals surface area contributed by atoms with Gasteiger partial charge in [0.2, 0.25) is 15.9 Å². The predicted molar refractivity (Wildman–Crippen MR) is 104 cm³/mol. The Morgan fingerprint density at radius 3 is 2.59 bits per heavy atom. The average Bonchev–Trinajstić information content (AvgIpc) is 2.73. The van der Waals surface area contributed by atoms with Crippen molar-refractivity contribution in [2.45, 2.75) is 17.7 Å². The molecule has 0 aliphatic carbocycles. The zero-order chi connectivity index (χ0) is 19.4. The molecule has 1 saturated heterocycles. The Labute approximate surface area is 160 Å². The third kappa shape index (κ3) is 4.14. The first-order chi connectivity index (χ1) is 12.9. The molecule has 0 saturated carbocycles. The minimum Gasteiger partial charge on any atom is -0.497 e. The van der Waals surface area contributed by atoms with Gasteiger partial charge in [0, 0.05) is 31.9 Å². The Morgan fingerprint density at radius 1 is 1.15 bits per heavy atom. The maximum absolute atomic E-state index is 13.0. The second-order valence-electron chi connectivity index (χ2n) is 6.61. The van der Waals surface area contributed by atoms with Gasteiger partial charge in [-0.05, 0) is 37.1 Å². The number of benzene rings is 2. The van der Waals surface area contributed by atoms with Gasteiger partial charge in [-0.15, -0.1) is 0 Å². The molecule has 1 aliphatic rings. The maximum atomic E-state index is 13.0. The normalized spacial score (nSPS) is 18.1. The minimum absolute atomic E-state index is 0.0868. The Morgan fingerprint density at radius 2 is 1.89 bits per heavy atom. The number of hydrogen-bond donors (Lipinski definition) is 0. The second kappa shape index (κ2) is 8.10. The lowest BCUT2D eigenvalue weighted by Crippen LogP contribution is -2.45. The molecule has 0 radical (unpaired) electrons. The molecule has 1 amide bonds. The number of piperidine rings is 1. The van der Waals surface area contributed by atoms with Crippen LogP contribution < -0.4 is 9.64 Å². The van der Waals surface area contributed by atoms with Crippen molar-refractivity contribution in [3.8, 4) is 5.75 Å². The van der Waals surface area contributed by atoms with E-state index in [0.717, 1.165) is 5.69 Å². The van der Waals surface area contributed by atoms with Crippen molar-refractivity contribution < 1.29 is 17.9 Å². The lowest BCUT2D eigenvalue weighted by molar-refractivity contribution is -0.123. The number of sulfonamides is 1. The van der Waals surface area contributed by atoms with Gasteiger partial charge in [-0.25, -0.2) is 8.42 Å². The highest BCUT2D eigenvalue weighted by Crippen LogP contribution is 2.27. The molecule has 1 aliphatic heterocycles. The van der Waals surface area contributed by atoms with E-state index in [1.807, 2.05) is 18.2 Å². The molecule has 2 aromatic carbocycles. The molecular weight excluding hydrogens is 364 g/mol. The molecule has 3 rings (SSSR count). The monoisotopic (exact) mass is 388 g/mol. The molecule has 7 heteroatoms. The largest absolute Gasteiger partial charge is 0.497 e. The van der Waals surface area contributed by atoms with Crippen molar-refractivity contribution in [1.82, 2.24) is 4.31 Å². The molecule has 0 unspecified atom stereocenters. The third-order valence-corrected chi connectivity index (χ3v) is 6.76. The fourth-order valence-corrected chi connectivity index (χ4v) is 4.87. The number of anilines is 1. The van der Waals surface area contributed by atoms with Gasteiger partial charge in [-0.2, -0.15) is 4.31 Å². The van der Waals surface area contributed by atoms with Gasteiger partial charge in [0.25, 0.3) is 0 Å². The van der Waals surface area contributed by atoms with Crippen LogP contribution in [0.15, 0.2) is 59.5 Å². The van der Waals surface area contributed by atoms with Crippen LogP contribution in [-0.2, 0) is 14.8 Å². The summed E-state index contributed by atoms with van der Waals surface area (Å²) < 4.78 is 32.4. The minimum atomic E-state index is -3.59. The fourth-order valence-electron chi connectivity index (χ4n) is 3.32. The molecule has 0 aromatic heterocycles. The van der Waals surface area contributed by atoms with E-state index >= 15 is 0 Å². The van der Waals surface area contributed by atoms with Crippen LogP contribution in [0.25, 0.3) is 0 Å². The van der Waals surface area contributed by atoms with Gasteiger partial charge in [-0.1, -0.05) is 24.3 Å². The molecule has 1 heterocycles. The summed E-state index contributed by atoms with van der Waals surface area (Å²) in [5, 5.41) is 0. The average molecular weight is 388 g/mol. The van der Waals surface area contributed by atoms with E-state index < -0.39 is 10.0 Å². The second-order valence-corrected chi connectivity index (χ2v) is 8.55. The molecule has 2 aromatic rings. The summed E-state index contributed by atoms with van der Waals surface area (Å²) in [7, 11) is -0.299. The number of carbonyl (C=O) groups is 1. The molecule has 27 heavy (non-hydrogen) atoms. The van der Waals surface area contributed by atoms with Crippen LogP contribution in [0.3, 0.4) is 0 Å². The maximum Gasteiger partial charge on any atom is 0.243 e. The lowest BCUT2D eigenvalue weighted by Gasteiger charge is -2.33. The molecule has 0 bridgehead atoms. The number of hydrogen-bond acceptors (Lipinski definition) is 4. The van der Waals surface area contributed by atoms with Crippen molar-refractivity contribution in [3.63, 3.8) is 0 Å². The molecule has 6 nitrogen and oxygen atoms in total. The van der Waals surface area contributed by atoms with Crippen LogP contribution in [0, 0.1) is 5.92 Å². The summed E-state index contributed by atoms with van der Waals surface area (Å²) in [6.45, 7) is 0.633. The summed E-state index contributed by atoms with van der Waals surface area (Å²) in [6.07, 6.45) is 1.34. The van der Waals surface area contributed by atoms with Gasteiger partial charge in [0.1, 0.15) is 5.75 Å². The number of ether oxygens (including phenoxy) is 1. The highest BCUT2D eigenvalue weighted by molar-refractivity contribution is 7.89. The predicted octanol–water partition coefficient (Wildman–Crippen LogP) is 2.76. The summed E-state index contributed by atoms with van der Waals surface area (Å²) in [5.74, 6) is 0.216. The Bertz CT molecular complexity index is 899. The van der Waals surface area contributed by atoms with Crippen LogP contribution in [0.5, 0.6) is 5.75 Å². The van der Waals surface area contributed by atoms with E-state index in [-0.39, 0.29) is 23.3 Å². The van der Waals surface area contributed by atoms with E-state index in [1.165, 1.54) is 4.31 Å². The van der Waals surface area contributed by atoms with Gasteiger partial charge in [-0.3, -0.25) is 4.79 Å². The highest BCUT2D eigenvalue weighted by Gasteiger charge is 2.34. The first-order valence-electron chi connectivity index (χ1n) is 8.90. The van der Waals surface area contributed by atoms with Crippen LogP contribution >= 0.6 is 0 Å². The quantitative estimate of drug-likeness (QED) is 0.790. The SMILES string of the molecule is COc1cccc(N(C)C(=O)[C@@H]2CCCN(S(=O)(=O)c3ccccc3)C2)c1. The Kier molecular flexibility index (Phi) is 5.82. The highest BCUT2D eigenvalue weighted by atomic mass is 32.2. The first-order valence-corrected chi connectivity index (χ1v) is 10.3. The summed E-state index contributed by atoms with van der Waals surface area (Å²) in [4.78, 5) is 14.8. The van der Waals surface area contributed by atoms with Crippen molar-refractivity contribution in [2.24, 2.45) is 5.92 Å². The summed E-state index contributed by atoms with van der Waals surface area (Å²) in [5.41, 5.74) is 0.724. The van der Waals surface area contributed by atoms with Crippen molar-refractivity contribution in [3.05, 3.63) is 54.6 Å². The zero-order valence-corrected chi connectivity index (χ0v) is 16.4. The van der Waals surface area contributed by atoms with Crippen molar-refractivity contribution >= 4 is 21.6 Å². The number of methoxy groups -OCH3 is 1. The van der Waals surface area contributed by atoms with E-state index in [2.05, 4.69) is 0 Å². The summed E-state index contributed by atoms with van der Waals surface area (Å²) >= 11 is 0. The molecule has 144 valence electrons. The number of amides is 1. The van der Waals surface area contributed by atoms with E-state index in [9.17, 15) is 13.2 Å². The third-order valence-electron chi connectivity index (χ3n) is 4.89. The topological polar surface area (TPSA) is 66.9 Å². The molecule has 1 atom stereocenters. The zero-order valence-electron chi connectivity index (χ0n) is 15.5. The first kappa shape index (κ1) is 19.4. The number of carbonyl (C=O) groups excluding carboxylic acids is 1. The number of rotatable bonds is 5. The van der Waals surface area contributed by atoms with E-state index in [0.29, 0.717) is 25.1 Å². The molecule has 0 N–H and O–H groups in total. The van der Waals surface area contributed by atoms with Gasteiger partial charge >= 0.3 is 0 Å². The number of nitrogens with zero attached hydrogens (tertiary/aromatic N) is 2. The smallest absolute Gasteiger partial charge is 0.243 e. The lowest BCUT2D eigenvalue weighted by atomic mass is 9.98. The Balaban J connectivity index is 1.76. The molecule has 1 fully saturated rings. The van der Waals surface area contributed by atoms with Crippen LogP contribution in [0.2, 0.25) is 0 Å². The molecule has 0 spiro atoms. The standard InChI is InChI=1S/C20H24N2O4S/c1-21(17-9-6-10-18(14-17)26-2)20(23)16-8-7-13-22(15-16)27(24,25)19-11-4-3-5-12-19/h3-6,9-12,14,16H,7-8,13,15H2,1-2H3/t16-/m1/s1. The van der Waals surface area contributed by atoms with Gasteiger partial charge in [0.05, 0.1) is 17.9 Å². The summed E-state index contributed by atoms with van der Waals surface area (Å²) in [6, 6.07) is 15.6. The van der Waals surface area contributed by atoms with Crippen molar-refractivity contribution in [2.75, 3.05) is 32.1 Å². The molecular formula is C20H24N2O4S. The van der Waals surface area contributed by atoms with Crippen LogP contribution in [-0.4, -0.2) is 45.9 Å². The van der Waals surface area contributed by atoms with Crippen LogP contribution in [0.4, 0.5) is 5.69 Å². The Hall–Kier alpha value is -2.38. The fraction of sp³-hybridized carbons (Fsp3) is 0.350. The van der Waals surface area contributed by atoms with Gasteiger partial charge < -0.3 is 9.64 Å². The van der Waals surface area contributed by atoms with Crippen LogP contribution in [0.1, 0.15) is 12.8 Å². The van der Waals surface area contributed by atoms with Gasteiger partial charge in [0.15, 0.2) is 0 Å². The van der Waals surface area contributed by atoms with E-state index in [4.69, 9.17) is 4.74 Å². The van der Waals surface area contributed by atoms with Crippen molar-refractivity contribution in [1.29, 1.82) is 0 Å². The van der Waals surface area contributed by atoms with E-state index in [1.54, 1.807) is 55.5 Å².